The third-order valence-corrected chi connectivity index (χ3v) is 5.29. The molecule has 1 aromatic heterocycles. The fraction of sp³-hybridized carbons (Fsp3) is 0.375. The molecule has 1 atom stereocenters. The van der Waals surface area contributed by atoms with Gasteiger partial charge in [-0.05, 0) is 43.2 Å². The zero-order valence-electron chi connectivity index (χ0n) is 13.1. The van der Waals surface area contributed by atoms with Crippen LogP contribution < -0.4 is 4.74 Å². The van der Waals surface area contributed by atoms with Gasteiger partial charge in [-0.3, -0.25) is 0 Å². The molecular formula is C16H19N3O3S. The lowest BCUT2D eigenvalue weighted by molar-refractivity contribution is 0.394. The summed E-state index contributed by atoms with van der Waals surface area (Å²) in [5, 5.41) is 0. The Balaban J connectivity index is 1.93. The largest absolute Gasteiger partial charge is 0.497 e. The van der Waals surface area contributed by atoms with Crippen molar-refractivity contribution in [2.45, 2.75) is 18.9 Å². The van der Waals surface area contributed by atoms with Crippen molar-refractivity contribution in [1.29, 1.82) is 0 Å². The standard InChI is InChI=1S/C16H19N3O3S/c1-22-13-7-5-12(6-8-13)16-17-10-9-14(18-16)15-4-3-11-19(15)23(2,20)21/h5-10,15H,3-4,11H2,1-2H3. The first-order chi connectivity index (χ1) is 11.0. The van der Waals surface area contributed by atoms with Gasteiger partial charge in [0.1, 0.15) is 5.75 Å². The summed E-state index contributed by atoms with van der Waals surface area (Å²) in [5.74, 6) is 1.36. The van der Waals surface area contributed by atoms with Crippen molar-refractivity contribution in [2.75, 3.05) is 19.9 Å². The molecule has 0 spiro atoms. The molecule has 0 radical (unpaired) electrons. The minimum absolute atomic E-state index is 0.204. The second-order valence-electron chi connectivity index (χ2n) is 5.57. The number of hydrogen-bond donors (Lipinski definition) is 0. The molecule has 0 aliphatic carbocycles. The van der Waals surface area contributed by atoms with Gasteiger partial charge in [-0.25, -0.2) is 18.4 Å². The minimum atomic E-state index is -3.23. The summed E-state index contributed by atoms with van der Waals surface area (Å²) in [4.78, 5) is 8.89. The lowest BCUT2D eigenvalue weighted by Crippen LogP contribution is -2.30. The summed E-state index contributed by atoms with van der Waals surface area (Å²) in [6, 6.07) is 9.07. The monoisotopic (exact) mass is 333 g/mol. The predicted octanol–water partition coefficient (Wildman–Crippen LogP) is 2.25. The Morgan fingerprint density at radius 2 is 1.96 bits per heavy atom. The molecule has 1 aliphatic heterocycles. The normalized spacial score (nSPS) is 19.0. The predicted molar refractivity (Wildman–Crippen MR) is 87.5 cm³/mol. The van der Waals surface area contributed by atoms with Crippen LogP contribution in [0.3, 0.4) is 0 Å². The first kappa shape index (κ1) is 15.9. The highest BCUT2D eigenvalue weighted by molar-refractivity contribution is 7.88. The van der Waals surface area contributed by atoms with Crippen molar-refractivity contribution in [3.05, 3.63) is 42.2 Å². The minimum Gasteiger partial charge on any atom is -0.497 e. The van der Waals surface area contributed by atoms with Gasteiger partial charge in [0, 0.05) is 18.3 Å². The fourth-order valence-electron chi connectivity index (χ4n) is 2.87. The van der Waals surface area contributed by atoms with Crippen LogP contribution in [0.1, 0.15) is 24.6 Å². The molecule has 1 saturated heterocycles. The van der Waals surface area contributed by atoms with Crippen molar-refractivity contribution in [3.8, 4) is 17.1 Å². The molecule has 23 heavy (non-hydrogen) atoms. The lowest BCUT2D eigenvalue weighted by atomic mass is 10.1. The van der Waals surface area contributed by atoms with E-state index in [2.05, 4.69) is 9.97 Å². The Morgan fingerprint density at radius 3 is 2.61 bits per heavy atom. The van der Waals surface area contributed by atoms with E-state index in [0.717, 1.165) is 29.8 Å². The second kappa shape index (κ2) is 6.25. The van der Waals surface area contributed by atoms with Gasteiger partial charge in [0.2, 0.25) is 10.0 Å². The van der Waals surface area contributed by atoms with E-state index in [1.54, 1.807) is 19.4 Å². The maximum Gasteiger partial charge on any atom is 0.211 e. The number of methoxy groups -OCH3 is 1. The van der Waals surface area contributed by atoms with Gasteiger partial charge in [0.05, 0.1) is 25.1 Å². The van der Waals surface area contributed by atoms with E-state index < -0.39 is 10.0 Å². The Morgan fingerprint density at radius 1 is 1.22 bits per heavy atom. The van der Waals surface area contributed by atoms with Gasteiger partial charge < -0.3 is 4.74 Å². The summed E-state index contributed by atoms with van der Waals surface area (Å²) >= 11 is 0. The van der Waals surface area contributed by atoms with E-state index >= 15 is 0 Å². The molecular weight excluding hydrogens is 314 g/mol. The van der Waals surface area contributed by atoms with Crippen molar-refractivity contribution >= 4 is 10.0 Å². The number of sulfonamides is 1. The topological polar surface area (TPSA) is 72.4 Å². The van der Waals surface area contributed by atoms with Crippen LogP contribution in [0.5, 0.6) is 5.75 Å². The molecule has 3 rings (SSSR count). The van der Waals surface area contributed by atoms with E-state index in [9.17, 15) is 8.42 Å². The maximum absolute atomic E-state index is 11.9. The Hall–Kier alpha value is -1.99. The molecule has 1 aliphatic rings. The molecule has 122 valence electrons. The highest BCUT2D eigenvalue weighted by Gasteiger charge is 2.33. The van der Waals surface area contributed by atoms with Crippen LogP contribution in [0.2, 0.25) is 0 Å². The average Bonchev–Trinajstić information content (AvgIpc) is 3.05. The van der Waals surface area contributed by atoms with Crippen LogP contribution in [-0.4, -0.2) is 42.6 Å². The van der Waals surface area contributed by atoms with E-state index in [0.29, 0.717) is 12.4 Å². The van der Waals surface area contributed by atoms with Gasteiger partial charge in [0.15, 0.2) is 5.82 Å². The molecule has 1 unspecified atom stereocenters. The Kier molecular flexibility index (Phi) is 4.32. The smallest absolute Gasteiger partial charge is 0.211 e. The number of rotatable bonds is 4. The molecule has 1 aromatic carbocycles. The number of benzene rings is 1. The van der Waals surface area contributed by atoms with Crippen molar-refractivity contribution in [3.63, 3.8) is 0 Å². The van der Waals surface area contributed by atoms with Crippen molar-refractivity contribution in [1.82, 2.24) is 14.3 Å². The van der Waals surface area contributed by atoms with Crippen molar-refractivity contribution in [2.24, 2.45) is 0 Å². The third-order valence-electron chi connectivity index (χ3n) is 4.00. The summed E-state index contributed by atoms with van der Waals surface area (Å²) in [7, 11) is -1.61. The maximum atomic E-state index is 11.9. The summed E-state index contributed by atoms with van der Waals surface area (Å²) in [6.07, 6.45) is 4.56. The van der Waals surface area contributed by atoms with Gasteiger partial charge in [-0.2, -0.15) is 4.31 Å². The number of nitrogens with zero attached hydrogens (tertiary/aromatic N) is 3. The lowest BCUT2D eigenvalue weighted by Gasteiger charge is -2.21. The van der Waals surface area contributed by atoms with Crippen LogP contribution in [0.4, 0.5) is 0 Å². The van der Waals surface area contributed by atoms with Crippen LogP contribution in [0.15, 0.2) is 36.5 Å². The molecule has 0 N–H and O–H groups in total. The van der Waals surface area contributed by atoms with Gasteiger partial charge in [-0.15, -0.1) is 0 Å². The van der Waals surface area contributed by atoms with Gasteiger partial charge in [0.25, 0.3) is 0 Å². The van der Waals surface area contributed by atoms with Crippen molar-refractivity contribution < 1.29 is 13.2 Å². The van der Waals surface area contributed by atoms with E-state index in [1.807, 2.05) is 24.3 Å². The molecule has 0 amide bonds. The molecule has 0 saturated carbocycles. The van der Waals surface area contributed by atoms with E-state index in [-0.39, 0.29) is 6.04 Å². The second-order valence-corrected chi connectivity index (χ2v) is 7.50. The summed E-state index contributed by atoms with van der Waals surface area (Å²) < 4.78 is 30.5. The van der Waals surface area contributed by atoms with Crippen LogP contribution in [-0.2, 0) is 10.0 Å². The molecule has 2 heterocycles. The summed E-state index contributed by atoms with van der Waals surface area (Å²) in [6.45, 7) is 0.547. The summed E-state index contributed by atoms with van der Waals surface area (Å²) in [5.41, 5.74) is 1.62. The van der Waals surface area contributed by atoms with E-state index in [4.69, 9.17) is 4.74 Å². The van der Waals surface area contributed by atoms with Crippen LogP contribution in [0, 0.1) is 0 Å². The third kappa shape index (κ3) is 3.35. The van der Waals surface area contributed by atoms with Gasteiger partial charge in [-0.1, -0.05) is 0 Å². The van der Waals surface area contributed by atoms with Crippen LogP contribution in [0.25, 0.3) is 11.4 Å². The quantitative estimate of drug-likeness (QED) is 0.858. The highest BCUT2D eigenvalue weighted by atomic mass is 32.2. The first-order valence-electron chi connectivity index (χ1n) is 7.43. The Bertz CT molecular complexity index is 790. The van der Waals surface area contributed by atoms with Gasteiger partial charge >= 0.3 is 0 Å². The number of hydrogen-bond acceptors (Lipinski definition) is 5. The zero-order chi connectivity index (χ0) is 16.4. The SMILES string of the molecule is COc1ccc(-c2nccc(C3CCCN3S(C)(=O)=O)n2)cc1. The van der Waals surface area contributed by atoms with Crippen LogP contribution >= 0.6 is 0 Å². The average molecular weight is 333 g/mol. The Labute approximate surface area is 136 Å². The van der Waals surface area contributed by atoms with E-state index in [1.165, 1.54) is 10.6 Å². The molecule has 6 nitrogen and oxygen atoms in total. The molecule has 0 bridgehead atoms. The first-order valence-corrected chi connectivity index (χ1v) is 9.28. The number of ether oxygens (including phenoxy) is 1. The molecule has 7 heteroatoms. The highest BCUT2D eigenvalue weighted by Crippen LogP contribution is 2.33. The zero-order valence-corrected chi connectivity index (χ0v) is 14.0. The molecule has 2 aromatic rings. The fourth-order valence-corrected chi connectivity index (χ4v) is 4.01. The molecule has 1 fully saturated rings. The number of aromatic nitrogens is 2.